The summed E-state index contributed by atoms with van der Waals surface area (Å²) in [6, 6.07) is 0. The van der Waals surface area contributed by atoms with Gasteiger partial charge in [-0.15, -0.1) is 0 Å². The van der Waals surface area contributed by atoms with Crippen molar-refractivity contribution in [3.8, 4) is 11.8 Å². The van der Waals surface area contributed by atoms with Crippen LogP contribution in [0.4, 0.5) is 0 Å². The Morgan fingerprint density at radius 3 is 2.67 bits per heavy atom. The summed E-state index contributed by atoms with van der Waals surface area (Å²) < 4.78 is 22.6. The Balaban J connectivity index is 1.96. The van der Waals surface area contributed by atoms with E-state index < -0.39 is 35.9 Å². The van der Waals surface area contributed by atoms with Crippen LogP contribution in [0, 0.1) is 17.8 Å². The molecule has 0 aromatic carbocycles. The summed E-state index contributed by atoms with van der Waals surface area (Å²) in [5, 5.41) is 9.59. The number of hydrogen-bond donors (Lipinski definition) is 1. The smallest absolute Gasteiger partial charge is 0.304 e. The van der Waals surface area contributed by atoms with Crippen molar-refractivity contribution < 1.29 is 28.8 Å². The number of hydrogen-bond acceptors (Lipinski definition) is 6. The normalized spacial score (nSPS) is 40.3. The van der Waals surface area contributed by atoms with Crippen molar-refractivity contribution in [2.75, 3.05) is 6.61 Å². The summed E-state index contributed by atoms with van der Waals surface area (Å²) in [5.74, 6) is 5.10. The monoisotopic (exact) mass is 296 g/mol. The molecule has 3 rings (SSSR count). The summed E-state index contributed by atoms with van der Waals surface area (Å²) in [7, 11) is 0. The van der Waals surface area contributed by atoms with Crippen molar-refractivity contribution in [2.45, 2.75) is 63.5 Å². The zero-order valence-corrected chi connectivity index (χ0v) is 12.4. The number of aliphatic hydroxyl groups excluding tert-OH is 1. The summed E-state index contributed by atoms with van der Waals surface area (Å²) in [5.41, 5.74) is -1.32. The first-order valence-corrected chi connectivity index (χ1v) is 7.20. The van der Waals surface area contributed by atoms with Crippen LogP contribution in [0.5, 0.6) is 0 Å². The van der Waals surface area contributed by atoms with Gasteiger partial charge in [0.25, 0.3) is 0 Å². The molecule has 0 aromatic rings. The van der Waals surface area contributed by atoms with Crippen LogP contribution < -0.4 is 0 Å². The molecule has 21 heavy (non-hydrogen) atoms. The standard InChI is InChI=1S/C15H20O6/c1-9(17)19-15(7-6-10-4-5-10)11(8-16)18-13-12(15)20-14(2,3)21-13/h10-13,16H,4-5,8H2,1-3H3. The van der Waals surface area contributed by atoms with Gasteiger partial charge < -0.3 is 24.1 Å². The molecule has 0 aromatic heterocycles. The van der Waals surface area contributed by atoms with E-state index in [9.17, 15) is 9.90 Å². The molecule has 2 heterocycles. The van der Waals surface area contributed by atoms with Crippen LogP contribution in [0.15, 0.2) is 0 Å². The highest BCUT2D eigenvalue weighted by molar-refractivity contribution is 5.67. The largest absolute Gasteiger partial charge is 0.440 e. The van der Waals surface area contributed by atoms with Crippen LogP contribution in [-0.2, 0) is 23.7 Å². The molecule has 0 radical (unpaired) electrons. The van der Waals surface area contributed by atoms with Gasteiger partial charge in [-0.25, -0.2) is 0 Å². The number of esters is 1. The van der Waals surface area contributed by atoms with E-state index >= 15 is 0 Å². The van der Waals surface area contributed by atoms with Gasteiger partial charge in [0.2, 0.25) is 5.60 Å². The molecule has 2 saturated heterocycles. The average Bonchev–Trinajstić information content (AvgIpc) is 3.10. The van der Waals surface area contributed by atoms with Crippen molar-refractivity contribution in [3.63, 3.8) is 0 Å². The molecular formula is C15H20O6. The number of carbonyl (C=O) groups is 1. The van der Waals surface area contributed by atoms with Crippen molar-refractivity contribution in [2.24, 2.45) is 5.92 Å². The van der Waals surface area contributed by atoms with E-state index in [0.29, 0.717) is 5.92 Å². The number of aliphatic hydroxyl groups is 1. The first-order chi connectivity index (χ1) is 9.86. The summed E-state index contributed by atoms with van der Waals surface area (Å²) in [6.45, 7) is 4.50. The predicted octanol–water partition coefficient (Wildman–Crippen LogP) is 0.570. The molecule has 0 spiro atoms. The Kier molecular flexibility index (Phi) is 3.49. The van der Waals surface area contributed by atoms with Crippen LogP contribution in [-0.4, -0.2) is 47.6 Å². The minimum atomic E-state index is -1.32. The second kappa shape index (κ2) is 4.96. The van der Waals surface area contributed by atoms with Crippen molar-refractivity contribution in [3.05, 3.63) is 0 Å². The van der Waals surface area contributed by atoms with E-state index in [0.717, 1.165) is 12.8 Å². The Hall–Kier alpha value is -1.13. The van der Waals surface area contributed by atoms with Crippen LogP contribution in [0.2, 0.25) is 0 Å². The second-order valence-electron chi connectivity index (χ2n) is 6.16. The molecule has 0 bridgehead atoms. The van der Waals surface area contributed by atoms with Gasteiger partial charge in [-0.05, 0) is 32.6 Å². The van der Waals surface area contributed by atoms with Crippen LogP contribution in [0.3, 0.4) is 0 Å². The fraction of sp³-hybridized carbons (Fsp3) is 0.800. The van der Waals surface area contributed by atoms with Crippen molar-refractivity contribution in [1.29, 1.82) is 0 Å². The molecular weight excluding hydrogens is 276 g/mol. The lowest BCUT2D eigenvalue weighted by Gasteiger charge is -2.32. The van der Waals surface area contributed by atoms with Gasteiger partial charge in [0.1, 0.15) is 6.10 Å². The van der Waals surface area contributed by atoms with Gasteiger partial charge in [-0.2, -0.15) is 0 Å². The van der Waals surface area contributed by atoms with Gasteiger partial charge in [-0.3, -0.25) is 4.79 Å². The highest BCUT2D eigenvalue weighted by Crippen LogP contribution is 2.45. The second-order valence-corrected chi connectivity index (χ2v) is 6.16. The molecule has 1 aliphatic carbocycles. The van der Waals surface area contributed by atoms with E-state index in [-0.39, 0.29) is 6.61 Å². The van der Waals surface area contributed by atoms with E-state index in [1.807, 2.05) is 0 Å². The van der Waals surface area contributed by atoms with E-state index in [2.05, 4.69) is 11.8 Å². The van der Waals surface area contributed by atoms with Crippen LogP contribution >= 0.6 is 0 Å². The first kappa shape index (κ1) is 14.8. The Morgan fingerprint density at radius 1 is 1.38 bits per heavy atom. The zero-order chi connectivity index (χ0) is 15.3. The molecule has 6 nitrogen and oxygen atoms in total. The lowest BCUT2D eigenvalue weighted by Crippen LogP contribution is -2.52. The fourth-order valence-electron chi connectivity index (χ4n) is 2.73. The van der Waals surface area contributed by atoms with Crippen molar-refractivity contribution >= 4 is 5.97 Å². The molecule has 1 N–H and O–H groups in total. The van der Waals surface area contributed by atoms with Crippen LogP contribution in [0.25, 0.3) is 0 Å². The van der Waals surface area contributed by atoms with Gasteiger partial charge in [0.15, 0.2) is 18.2 Å². The highest BCUT2D eigenvalue weighted by Gasteiger charge is 2.65. The maximum Gasteiger partial charge on any atom is 0.304 e. The Bertz CT molecular complexity index is 500. The number of carbonyl (C=O) groups excluding carboxylic acids is 1. The first-order valence-electron chi connectivity index (χ1n) is 7.20. The Labute approximate surface area is 123 Å². The lowest BCUT2D eigenvalue weighted by molar-refractivity contribution is -0.230. The number of ether oxygens (including phenoxy) is 4. The molecule has 3 aliphatic rings. The number of fused-ring (bicyclic) bond motifs is 1. The maximum absolute atomic E-state index is 11.6. The summed E-state index contributed by atoms with van der Waals surface area (Å²) >= 11 is 0. The molecule has 4 unspecified atom stereocenters. The van der Waals surface area contributed by atoms with Gasteiger partial charge in [0, 0.05) is 12.8 Å². The third-order valence-corrected chi connectivity index (χ3v) is 3.78. The van der Waals surface area contributed by atoms with Gasteiger partial charge in [0.05, 0.1) is 6.61 Å². The molecule has 3 fully saturated rings. The third-order valence-electron chi connectivity index (χ3n) is 3.78. The minimum absolute atomic E-state index is 0.325. The summed E-state index contributed by atoms with van der Waals surface area (Å²) in [4.78, 5) is 11.6. The molecule has 0 amide bonds. The molecule has 1 saturated carbocycles. The maximum atomic E-state index is 11.6. The molecule has 2 aliphatic heterocycles. The molecule has 4 atom stereocenters. The number of rotatable bonds is 2. The van der Waals surface area contributed by atoms with Gasteiger partial charge in [-0.1, -0.05) is 5.92 Å². The minimum Gasteiger partial charge on any atom is -0.440 e. The topological polar surface area (TPSA) is 74.2 Å². The molecule has 6 heteroatoms. The Morgan fingerprint density at radius 2 is 2.10 bits per heavy atom. The zero-order valence-electron chi connectivity index (χ0n) is 12.4. The average molecular weight is 296 g/mol. The molecule has 116 valence electrons. The van der Waals surface area contributed by atoms with E-state index in [4.69, 9.17) is 18.9 Å². The lowest BCUT2D eigenvalue weighted by atomic mass is 9.92. The highest BCUT2D eigenvalue weighted by atomic mass is 16.8. The SMILES string of the molecule is CC(=O)OC1(C#CC2CC2)C(CO)OC2OC(C)(C)OC21. The van der Waals surface area contributed by atoms with Crippen LogP contribution in [0.1, 0.15) is 33.6 Å². The third kappa shape index (κ3) is 2.67. The van der Waals surface area contributed by atoms with Gasteiger partial charge >= 0.3 is 5.97 Å². The van der Waals surface area contributed by atoms with Crippen molar-refractivity contribution in [1.82, 2.24) is 0 Å². The quantitative estimate of drug-likeness (QED) is 0.593. The summed E-state index contributed by atoms with van der Waals surface area (Å²) in [6.07, 6.45) is -0.0567. The van der Waals surface area contributed by atoms with E-state index in [1.165, 1.54) is 6.92 Å². The van der Waals surface area contributed by atoms with E-state index in [1.54, 1.807) is 13.8 Å². The predicted molar refractivity (Wildman–Crippen MR) is 70.8 cm³/mol. The fourth-order valence-corrected chi connectivity index (χ4v) is 2.73.